The Hall–Kier alpha value is -2.35. The molecule has 0 saturated carbocycles. The van der Waals surface area contributed by atoms with Gasteiger partial charge in [0.25, 0.3) is 0 Å². The Morgan fingerprint density at radius 1 is 0.971 bits per heavy atom. The largest absolute Gasteiger partial charge is 0.411 e. The van der Waals surface area contributed by atoms with Gasteiger partial charge in [0, 0.05) is 31.1 Å². The van der Waals surface area contributed by atoms with Crippen LogP contribution in [0.5, 0.6) is 0 Å². The summed E-state index contributed by atoms with van der Waals surface area (Å²) < 4.78 is 63.2. The van der Waals surface area contributed by atoms with Gasteiger partial charge in [0.15, 0.2) is 0 Å². The summed E-state index contributed by atoms with van der Waals surface area (Å²) in [6.07, 6.45) is -8.81. The molecule has 0 spiro atoms. The fourth-order valence-electron chi connectivity index (χ4n) is 3.01. The SMILES string of the molecule is Cc1cc2c(s1)Nc1ccccc1N=C2N1CCN(C)CC1.OCC(F)(F)F.OCC(F)(F)F. The molecule has 1 fully saturated rings. The van der Waals surface area contributed by atoms with Gasteiger partial charge in [0.2, 0.25) is 0 Å². The smallest absolute Gasteiger partial charge is 0.387 e. The van der Waals surface area contributed by atoms with E-state index in [-0.39, 0.29) is 0 Å². The molecule has 2 aliphatic rings. The van der Waals surface area contributed by atoms with Crippen LogP contribution in [0.2, 0.25) is 0 Å². The molecule has 2 aromatic rings. The normalized spacial score (nSPS) is 15.9. The number of halogens is 6. The summed E-state index contributed by atoms with van der Waals surface area (Å²) in [4.78, 5) is 11.1. The van der Waals surface area contributed by atoms with E-state index in [1.54, 1.807) is 11.3 Å². The number of aliphatic hydroxyl groups excluding tert-OH is 2. The molecule has 0 unspecified atom stereocenters. The molecule has 3 heterocycles. The fourth-order valence-corrected chi connectivity index (χ4v) is 3.93. The van der Waals surface area contributed by atoms with Gasteiger partial charge in [-0.05, 0) is 32.2 Å². The molecule has 13 heteroatoms. The van der Waals surface area contributed by atoms with Crippen molar-refractivity contribution in [2.45, 2.75) is 19.3 Å². The van der Waals surface area contributed by atoms with Crippen molar-refractivity contribution in [2.24, 2.45) is 4.99 Å². The minimum absolute atomic E-state index is 1.03. The van der Waals surface area contributed by atoms with Gasteiger partial charge in [-0.1, -0.05) is 12.1 Å². The molecule has 1 aromatic heterocycles. The van der Waals surface area contributed by atoms with Gasteiger partial charge >= 0.3 is 12.4 Å². The highest BCUT2D eigenvalue weighted by Crippen LogP contribution is 2.39. The minimum Gasteiger partial charge on any atom is -0.387 e. The van der Waals surface area contributed by atoms with Crippen molar-refractivity contribution in [2.75, 3.05) is 51.8 Å². The van der Waals surface area contributed by atoms with Crippen molar-refractivity contribution in [3.8, 4) is 0 Å². The monoisotopic (exact) mass is 512 g/mol. The van der Waals surface area contributed by atoms with Crippen LogP contribution in [0, 0.1) is 6.92 Å². The van der Waals surface area contributed by atoms with E-state index in [4.69, 9.17) is 15.2 Å². The molecule has 0 bridgehead atoms. The number of nitrogens with one attached hydrogen (secondary N) is 1. The van der Waals surface area contributed by atoms with Gasteiger partial charge in [-0.15, -0.1) is 11.3 Å². The van der Waals surface area contributed by atoms with Crippen LogP contribution in [0.1, 0.15) is 10.4 Å². The summed E-state index contributed by atoms with van der Waals surface area (Å²) in [5.41, 5.74) is 3.36. The van der Waals surface area contributed by atoms with E-state index in [9.17, 15) is 26.3 Å². The molecule has 34 heavy (non-hydrogen) atoms. The number of aliphatic hydroxyl groups is 2. The number of rotatable bonds is 0. The number of benzene rings is 1. The average Bonchev–Trinajstić information content (AvgIpc) is 3.06. The summed E-state index contributed by atoms with van der Waals surface area (Å²) in [6.45, 7) is 2.95. The van der Waals surface area contributed by atoms with Crippen molar-refractivity contribution in [1.29, 1.82) is 0 Å². The lowest BCUT2D eigenvalue weighted by Crippen LogP contribution is -2.47. The number of anilines is 2. The number of likely N-dealkylation sites (N-methyl/N-ethyl adjacent to an activating group) is 1. The van der Waals surface area contributed by atoms with E-state index in [0.29, 0.717) is 0 Å². The molecular formula is C21H26F6N4O2S. The standard InChI is InChI=1S/C17H20N4S.2C2H3F3O/c1-12-11-13-16(21-9-7-20(2)8-10-21)18-14-5-3-4-6-15(14)19-17(13)22-12;2*3-2(4,5)1-6/h3-6,11,19H,7-10H2,1-2H3;2*6H,1H2. The predicted octanol–water partition coefficient (Wildman–Crippen LogP) is 4.52. The molecule has 1 aromatic carbocycles. The number of piperazine rings is 1. The molecule has 0 aliphatic carbocycles. The number of hydrogen-bond donors (Lipinski definition) is 3. The van der Waals surface area contributed by atoms with E-state index in [1.807, 2.05) is 0 Å². The Morgan fingerprint density at radius 3 is 2.03 bits per heavy atom. The van der Waals surface area contributed by atoms with Crippen molar-refractivity contribution >= 4 is 33.5 Å². The van der Waals surface area contributed by atoms with E-state index < -0.39 is 25.6 Å². The second kappa shape index (κ2) is 11.9. The Bertz CT molecular complexity index is 939. The zero-order valence-corrected chi connectivity index (χ0v) is 19.4. The molecule has 190 valence electrons. The second-order valence-electron chi connectivity index (χ2n) is 7.51. The second-order valence-corrected chi connectivity index (χ2v) is 8.77. The number of para-hydroxylation sites is 2. The number of nitrogens with zero attached hydrogens (tertiary/aromatic N) is 3. The van der Waals surface area contributed by atoms with E-state index in [0.717, 1.165) is 43.4 Å². The summed E-state index contributed by atoms with van der Waals surface area (Å²) >= 11 is 1.81. The molecule has 2 aliphatic heterocycles. The summed E-state index contributed by atoms with van der Waals surface area (Å²) in [6, 6.07) is 10.6. The molecule has 6 nitrogen and oxygen atoms in total. The van der Waals surface area contributed by atoms with Crippen LogP contribution in [0.15, 0.2) is 35.3 Å². The van der Waals surface area contributed by atoms with Gasteiger partial charge in [-0.3, -0.25) is 0 Å². The lowest BCUT2D eigenvalue weighted by molar-refractivity contribution is -0.160. The minimum atomic E-state index is -4.40. The maximum absolute atomic E-state index is 10.5. The topological polar surface area (TPSA) is 71.3 Å². The number of thiophene rings is 1. The summed E-state index contributed by atoms with van der Waals surface area (Å²) in [7, 11) is 2.18. The van der Waals surface area contributed by atoms with Crippen molar-refractivity contribution < 1.29 is 36.6 Å². The third-order valence-corrected chi connectivity index (χ3v) is 5.60. The van der Waals surface area contributed by atoms with Gasteiger partial charge in [0.1, 0.15) is 24.1 Å². The predicted molar refractivity (Wildman–Crippen MR) is 120 cm³/mol. The lowest BCUT2D eigenvalue weighted by Gasteiger charge is -2.34. The van der Waals surface area contributed by atoms with Crippen LogP contribution in [0.4, 0.5) is 42.7 Å². The quantitative estimate of drug-likeness (QED) is 0.453. The van der Waals surface area contributed by atoms with Crippen LogP contribution in [-0.2, 0) is 0 Å². The molecule has 1 saturated heterocycles. The molecule has 3 N–H and O–H groups in total. The Morgan fingerprint density at radius 2 is 1.50 bits per heavy atom. The van der Waals surface area contributed by atoms with E-state index >= 15 is 0 Å². The zero-order valence-electron chi connectivity index (χ0n) is 18.5. The van der Waals surface area contributed by atoms with Gasteiger partial charge in [-0.25, -0.2) is 4.99 Å². The third kappa shape index (κ3) is 8.78. The number of amidine groups is 1. The summed E-state index contributed by atoms with van der Waals surface area (Å²) in [5, 5.41) is 19.3. The number of alkyl halides is 6. The van der Waals surface area contributed by atoms with Gasteiger partial charge in [-0.2, -0.15) is 26.3 Å². The lowest BCUT2D eigenvalue weighted by atomic mass is 10.2. The highest BCUT2D eigenvalue weighted by molar-refractivity contribution is 7.16. The van der Waals surface area contributed by atoms with E-state index in [1.165, 1.54) is 15.4 Å². The van der Waals surface area contributed by atoms with Crippen LogP contribution < -0.4 is 5.32 Å². The molecule has 0 amide bonds. The molecule has 0 radical (unpaired) electrons. The maximum atomic E-state index is 10.5. The fraction of sp³-hybridized carbons (Fsp3) is 0.476. The number of aliphatic imine (C=N–C) groups is 1. The van der Waals surface area contributed by atoms with Crippen molar-refractivity contribution in [3.05, 3.63) is 40.8 Å². The Balaban J connectivity index is 0.000000285. The number of fused-ring (bicyclic) bond motifs is 2. The first-order chi connectivity index (χ1) is 15.8. The van der Waals surface area contributed by atoms with Crippen LogP contribution in [0.25, 0.3) is 0 Å². The first-order valence-corrected chi connectivity index (χ1v) is 11.0. The molecule has 0 atom stereocenters. The van der Waals surface area contributed by atoms with Gasteiger partial charge < -0.3 is 25.3 Å². The average molecular weight is 513 g/mol. The van der Waals surface area contributed by atoms with Crippen LogP contribution >= 0.6 is 11.3 Å². The third-order valence-electron chi connectivity index (χ3n) is 4.64. The summed E-state index contributed by atoms with van der Waals surface area (Å²) in [5.74, 6) is 1.12. The molecule has 4 rings (SSSR count). The first kappa shape index (κ1) is 27.9. The highest BCUT2D eigenvalue weighted by atomic mass is 32.1. The van der Waals surface area contributed by atoms with Crippen LogP contribution in [-0.4, -0.2) is 84.6 Å². The zero-order chi connectivity index (χ0) is 25.5. The van der Waals surface area contributed by atoms with Gasteiger partial charge in [0.05, 0.1) is 16.9 Å². The van der Waals surface area contributed by atoms with Crippen molar-refractivity contribution in [3.63, 3.8) is 0 Å². The highest BCUT2D eigenvalue weighted by Gasteiger charge is 2.26. The Kier molecular flexibility index (Phi) is 9.74. The Labute approximate surface area is 197 Å². The first-order valence-electron chi connectivity index (χ1n) is 10.2. The van der Waals surface area contributed by atoms with E-state index in [2.05, 4.69) is 59.4 Å². The number of aryl methyl sites for hydroxylation is 1. The van der Waals surface area contributed by atoms with Crippen LogP contribution in [0.3, 0.4) is 0 Å². The number of hydrogen-bond acceptors (Lipinski definition) is 7. The van der Waals surface area contributed by atoms with Crippen molar-refractivity contribution in [1.82, 2.24) is 9.80 Å². The maximum Gasteiger partial charge on any atom is 0.411 e. The molecular weight excluding hydrogens is 486 g/mol.